The molecule has 2 heterocycles. The minimum Gasteiger partial charge on any atom is -0.590 e. The van der Waals surface area contributed by atoms with Gasteiger partial charge in [-0.1, -0.05) is 12.1 Å². The Morgan fingerprint density at radius 2 is 1.78 bits per heavy atom. The van der Waals surface area contributed by atoms with Crippen molar-refractivity contribution in [1.82, 2.24) is 0 Å². The van der Waals surface area contributed by atoms with Crippen molar-refractivity contribution < 1.29 is 18.1 Å². The molecule has 23 heavy (non-hydrogen) atoms. The van der Waals surface area contributed by atoms with Crippen molar-refractivity contribution in [3.63, 3.8) is 0 Å². The van der Waals surface area contributed by atoms with E-state index in [4.69, 9.17) is 9.31 Å². The maximum absolute atomic E-state index is 15.2. The Kier molecular flexibility index (Phi) is 3.08. The number of hydrogen-bond donors (Lipinski definition) is 0. The first kappa shape index (κ1) is 14.1. The fourth-order valence-corrected chi connectivity index (χ4v) is 3.21. The van der Waals surface area contributed by atoms with E-state index in [1.54, 1.807) is 12.3 Å². The second kappa shape index (κ2) is 5.01. The molecule has 0 aromatic heterocycles. The van der Waals surface area contributed by atoms with Crippen LogP contribution in [0.5, 0.6) is 11.5 Å². The third-order valence-corrected chi connectivity index (χ3v) is 4.42. The standard InChI is InChI=1S/C17H18BFN2O2/c1-3-20(4-2)14-10-9-13-12-21-15-7-5-6-8-16(15)22-18(21,19)23-17(13)11-14/h5-12H,3-4H2,1-2H3. The zero-order chi connectivity index (χ0) is 16.0. The van der Waals surface area contributed by atoms with Gasteiger partial charge in [0.25, 0.3) is 0 Å². The monoisotopic (exact) mass is 312 g/mol. The second-order valence-electron chi connectivity index (χ2n) is 5.72. The van der Waals surface area contributed by atoms with E-state index in [-0.39, 0.29) is 0 Å². The van der Waals surface area contributed by atoms with Gasteiger partial charge in [-0.25, -0.2) is 0 Å². The summed E-state index contributed by atoms with van der Waals surface area (Å²) in [7, 11) is 0. The first-order valence-corrected chi connectivity index (χ1v) is 7.96. The highest BCUT2D eigenvalue weighted by Crippen LogP contribution is 2.42. The zero-order valence-corrected chi connectivity index (χ0v) is 13.2. The Morgan fingerprint density at radius 3 is 2.57 bits per heavy atom. The van der Waals surface area contributed by atoms with Crippen LogP contribution in [-0.4, -0.2) is 30.8 Å². The fourth-order valence-electron chi connectivity index (χ4n) is 3.21. The van der Waals surface area contributed by atoms with E-state index in [2.05, 4.69) is 18.7 Å². The van der Waals surface area contributed by atoms with Gasteiger partial charge in [-0.3, -0.25) is 0 Å². The SMILES string of the molecule is CCN(CC)c1ccc2c(c1)O[B-]1(F)Oc3ccccc3[N+]1=C2. The number of anilines is 1. The molecule has 1 unspecified atom stereocenters. The van der Waals surface area contributed by atoms with E-state index in [9.17, 15) is 0 Å². The molecule has 4 nitrogen and oxygen atoms in total. The van der Waals surface area contributed by atoms with E-state index in [0.717, 1.165) is 24.3 Å². The predicted octanol–water partition coefficient (Wildman–Crippen LogP) is 3.49. The lowest BCUT2D eigenvalue weighted by Crippen LogP contribution is -2.52. The van der Waals surface area contributed by atoms with Crippen LogP contribution in [0.3, 0.4) is 0 Å². The molecule has 0 radical (unpaired) electrons. The normalized spacial score (nSPS) is 20.6. The lowest BCUT2D eigenvalue weighted by atomic mass is 9.96. The van der Waals surface area contributed by atoms with Crippen molar-refractivity contribution in [2.45, 2.75) is 13.8 Å². The molecular formula is C17H18BFN2O2. The van der Waals surface area contributed by atoms with E-state index in [0.29, 0.717) is 17.2 Å². The first-order chi connectivity index (χ1) is 11.1. The number of halogens is 1. The Labute approximate surface area is 134 Å². The lowest BCUT2D eigenvalue weighted by molar-refractivity contribution is -0.333. The fraction of sp³-hybridized carbons (Fsp3) is 0.235. The van der Waals surface area contributed by atoms with Crippen LogP contribution in [-0.2, 0) is 0 Å². The van der Waals surface area contributed by atoms with Gasteiger partial charge in [0, 0.05) is 30.9 Å². The number of para-hydroxylation sites is 2. The van der Waals surface area contributed by atoms with Crippen molar-refractivity contribution in [3.05, 3.63) is 48.0 Å². The van der Waals surface area contributed by atoms with Crippen LogP contribution in [0.1, 0.15) is 19.4 Å². The molecule has 0 fully saturated rings. The summed E-state index contributed by atoms with van der Waals surface area (Å²) in [6.07, 6.45) is 1.76. The summed E-state index contributed by atoms with van der Waals surface area (Å²) in [5, 5.41) is 0. The average Bonchev–Trinajstić information content (AvgIpc) is 2.85. The molecule has 6 heteroatoms. The van der Waals surface area contributed by atoms with E-state index >= 15 is 4.32 Å². The molecule has 0 spiro atoms. The Morgan fingerprint density at radius 1 is 1.04 bits per heavy atom. The maximum atomic E-state index is 15.2. The van der Waals surface area contributed by atoms with Gasteiger partial charge in [-0.15, -0.1) is 0 Å². The van der Waals surface area contributed by atoms with E-state index in [1.165, 1.54) is 4.49 Å². The zero-order valence-electron chi connectivity index (χ0n) is 13.2. The van der Waals surface area contributed by atoms with Crippen LogP contribution in [0.15, 0.2) is 42.5 Å². The van der Waals surface area contributed by atoms with E-state index < -0.39 is 6.96 Å². The van der Waals surface area contributed by atoms with Crippen LogP contribution in [0.4, 0.5) is 15.7 Å². The van der Waals surface area contributed by atoms with Crippen LogP contribution in [0.2, 0.25) is 0 Å². The minimum absolute atomic E-state index is 0.503. The highest BCUT2D eigenvalue weighted by molar-refractivity contribution is 6.55. The maximum Gasteiger partial charge on any atom is 0.856 e. The summed E-state index contributed by atoms with van der Waals surface area (Å²) in [5.41, 5.74) is 2.55. The van der Waals surface area contributed by atoms with Crippen molar-refractivity contribution in [1.29, 1.82) is 0 Å². The van der Waals surface area contributed by atoms with Gasteiger partial charge >= 0.3 is 6.96 Å². The van der Waals surface area contributed by atoms with Gasteiger partial charge in [-0.05, 0) is 32.0 Å². The van der Waals surface area contributed by atoms with Gasteiger partial charge in [0.1, 0.15) is 12.0 Å². The average molecular weight is 312 g/mol. The number of hydrogen-bond acceptors (Lipinski definition) is 3. The van der Waals surface area contributed by atoms with Crippen LogP contribution in [0.25, 0.3) is 0 Å². The molecule has 0 bridgehead atoms. The highest BCUT2D eigenvalue weighted by atomic mass is 19.1. The lowest BCUT2D eigenvalue weighted by Gasteiger charge is -2.29. The van der Waals surface area contributed by atoms with Crippen LogP contribution < -0.4 is 14.2 Å². The molecule has 0 saturated carbocycles. The Balaban J connectivity index is 1.79. The molecule has 0 saturated heterocycles. The molecular weight excluding hydrogens is 294 g/mol. The molecule has 2 aliphatic heterocycles. The molecule has 2 aromatic rings. The van der Waals surface area contributed by atoms with Crippen molar-refractivity contribution in [2.24, 2.45) is 0 Å². The molecule has 0 aliphatic carbocycles. The largest absolute Gasteiger partial charge is 0.856 e. The van der Waals surface area contributed by atoms with Crippen LogP contribution >= 0.6 is 0 Å². The van der Waals surface area contributed by atoms with Crippen LogP contribution in [0, 0.1) is 0 Å². The van der Waals surface area contributed by atoms with Gasteiger partial charge in [0.05, 0.1) is 11.3 Å². The van der Waals surface area contributed by atoms with Gasteiger partial charge in [0.15, 0.2) is 5.69 Å². The summed E-state index contributed by atoms with van der Waals surface area (Å²) >= 11 is 0. The molecule has 2 aromatic carbocycles. The number of nitrogens with zero attached hydrogens (tertiary/aromatic N) is 2. The van der Waals surface area contributed by atoms with Gasteiger partial charge in [0.2, 0.25) is 0 Å². The summed E-state index contributed by atoms with van der Waals surface area (Å²) < 4.78 is 27.8. The molecule has 1 atom stereocenters. The number of benzene rings is 2. The highest BCUT2D eigenvalue weighted by Gasteiger charge is 2.58. The molecule has 0 amide bonds. The second-order valence-corrected chi connectivity index (χ2v) is 5.72. The van der Waals surface area contributed by atoms with Crippen molar-refractivity contribution >= 4 is 24.6 Å². The molecule has 0 N–H and O–H groups in total. The number of rotatable bonds is 3. The summed E-state index contributed by atoms with van der Waals surface area (Å²) in [6.45, 7) is 2.89. The molecule has 4 rings (SSSR count). The van der Waals surface area contributed by atoms with Crippen molar-refractivity contribution in [3.8, 4) is 11.5 Å². The number of fused-ring (bicyclic) bond motifs is 4. The molecule has 118 valence electrons. The smallest absolute Gasteiger partial charge is 0.590 e. The first-order valence-electron chi connectivity index (χ1n) is 7.96. The predicted molar refractivity (Wildman–Crippen MR) is 89.6 cm³/mol. The summed E-state index contributed by atoms with van der Waals surface area (Å²) in [4.78, 5) is 2.19. The van der Waals surface area contributed by atoms with E-state index in [1.807, 2.05) is 36.4 Å². The Hall–Kier alpha value is -2.50. The molecule has 2 aliphatic rings. The third-order valence-electron chi connectivity index (χ3n) is 4.42. The minimum atomic E-state index is -3.07. The van der Waals surface area contributed by atoms with Gasteiger partial charge < -0.3 is 23.0 Å². The topological polar surface area (TPSA) is 24.7 Å². The third kappa shape index (κ3) is 2.09. The quantitative estimate of drug-likeness (QED) is 0.811. The Bertz CT molecular complexity index is 807. The van der Waals surface area contributed by atoms with Crippen molar-refractivity contribution in [2.75, 3.05) is 18.0 Å². The van der Waals surface area contributed by atoms with Gasteiger partial charge in [-0.2, -0.15) is 0 Å². The summed E-state index contributed by atoms with van der Waals surface area (Å²) in [6, 6.07) is 13.1. The summed E-state index contributed by atoms with van der Waals surface area (Å²) in [5.74, 6) is 1.02.